The smallest absolute Gasteiger partial charge is 0.299 e. The van der Waals surface area contributed by atoms with Gasteiger partial charge < -0.3 is 4.90 Å². The summed E-state index contributed by atoms with van der Waals surface area (Å²) in [6.07, 6.45) is 0.984. The first-order chi connectivity index (χ1) is 9.45. The third-order valence-electron chi connectivity index (χ3n) is 3.21. The molecule has 4 nitrogen and oxygen atoms in total. The highest BCUT2D eigenvalue weighted by atomic mass is 19.1. The quantitative estimate of drug-likeness (QED) is 0.778. The van der Waals surface area contributed by atoms with E-state index in [2.05, 4.69) is 0 Å². The SMILES string of the molecule is CCC(=O)CCCN1C(=O)C(=O)c2cc(F)cc(F)c21. The molecule has 0 saturated heterocycles. The van der Waals surface area contributed by atoms with Gasteiger partial charge in [-0.05, 0) is 12.5 Å². The minimum absolute atomic E-state index is 0.0303. The van der Waals surface area contributed by atoms with Gasteiger partial charge >= 0.3 is 0 Å². The minimum Gasteiger partial charge on any atom is -0.302 e. The van der Waals surface area contributed by atoms with Crippen LogP contribution in [0.2, 0.25) is 0 Å². The van der Waals surface area contributed by atoms with Gasteiger partial charge in [-0.2, -0.15) is 0 Å². The summed E-state index contributed by atoms with van der Waals surface area (Å²) < 4.78 is 26.8. The molecule has 0 spiro atoms. The van der Waals surface area contributed by atoms with Gasteiger partial charge in [0.15, 0.2) is 5.82 Å². The molecule has 0 saturated carbocycles. The van der Waals surface area contributed by atoms with Crippen LogP contribution in [0.4, 0.5) is 14.5 Å². The highest BCUT2D eigenvalue weighted by molar-refractivity contribution is 6.52. The molecule has 2 rings (SSSR count). The summed E-state index contributed by atoms with van der Waals surface area (Å²) in [5.74, 6) is -3.61. The fourth-order valence-corrected chi connectivity index (χ4v) is 2.18. The van der Waals surface area contributed by atoms with Crippen molar-refractivity contribution >= 4 is 23.2 Å². The molecule has 0 aromatic heterocycles. The normalized spacial score (nSPS) is 13.8. The van der Waals surface area contributed by atoms with Gasteiger partial charge in [-0.1, -0.05) is 6.92 Å². The van der Waals surface area contributed by atoms with Crippen LogP contribution < -0.4 is 4.90 Å². The second-order valence-corrected chi connectivity index (χ2v) is 4.57. The standard InChI is InChI=1S/C14H13F2NO3/c1-2-9(18)4-3-5-17-12-10(13(19)14(17)20)6-8(15)7-11(12)16/h6-7H,2-5H2,1H3. The molecular formula is C14H13F2NO3. The summed E-state index contributed by atoms with van der Waals surface area (Å²) in [7, 11) is 0. The van der Waals surface area contributed by atoms with E-state index in [1.54, 1.807) is 6.92 Å². The number of hydrogen-bond acceptors (Lipinski definition) is 3. The second-order valence-electron chi connectivity index (χ2n) is 4.57. The molecule has 1 aliphatic heterocycles. The van der Waals surface area contributed by atoms with E-state index in [0.29, 0.717) is 18.9 Å². The molecule has 0 atom stereocenters. The summed E-state index contributed by atoms with van der Waals surface area (Å²) in [5, 5.41) is 0. The van der Waals surface area contributed by atoms with Crippen LogP contribution in [0, 0.1) is 11.6 Å². The summed E-state index contributed by atoms with van der Waals surface area (Å²) in [6, 6.07) is 1.49. The van der Waals surface area contributed by atoms with Gasteiger partial charge in [0.05, 0.1) is 11.3 Å². The first-order valence-corrected chi connectivity index (χ1v) is 6.32. The molecule has 1 aromatic rings. The Hall–Kier alpha value is -2.11. The van der Waals surface area contributed by atoms with E-state index in [4.69, 9.17) is 0 Å². The van der Waals surface area contributed by atoms with Gasteiger partial charge in [-0.3, -0.25) is 14.4 Å². The molecule has 106 valence electrons. The lowest BCUT2D eigenvalue weighted by atomic mass is 10.1. The van der Waals surface area contributed by atoms with Crippen molar-refractivity contribution in [3.05, 3.63) is 29.3 Å². The molecule has 0 aliphatic carbocycles. The van der Waals surface area contributed by atoms with Crippen LogP contribution in [0.1, 0.15) is 36.5 Å². The number of fused-ring (bicyclic) bond motifs is 1. The Labute approximate surface area is 114 Å². The van der Waals surface area contributed by atoms with E-state index in [1.165, 1.54) is 0 Å². The molecule has 0 unspecified atom stereocenters. The Morgan fingerprint density at radius 3 is 2.60 bits per heavy atom. The molecular weight excluding hydrogens is 268 g/mol. The molecule has 0 N–H and O–H groups in total. The van der Waals surface area contributed by atoms with Gasteiger partial charge in [0.1, 0.15) is 11.6 Å². The fourth-order valence-electron chi connectivity index (χ4n) is 2.18. The fraction of sp³-hybridized carbons (Fsp3) is 0.357. The van der Waals surface area contributed by atoms with E-state index >= 15 is 0 Å². The molecule has 1 amide bonds. The largest absolute Gasteiger partial charge is 0.302 e. The zero-order valence-electron chi connectivity index (χ0n) is 10.9. The second kappa shape index (κ2) is 5.48. The van der Waals surface area contributed by atoms with Crippen LogP contribution in [-0.2, 0) is 9.59 Å². The van der Waals surface area contributed by atoms with Gasteiger partial charge in [0.25, 0.3) is 11.7 Å². The van der Waals surface area contributed by atoms with E-state index in [0.717, 1.165) is 11.0 Å². The lowest BCUT2D eigenvalue weighted by molar-refractivity contribution is -0.119. The van der Waals surface area contributed by atoms with Crippen molar-refractivity contribution in [2.75, 3.05) is 11.4 Å². The van der Waals surface area contributed by atoms with Crippen molar-refractivity contribution in [2.24, 2.45) is 0 Å². The number of ketones is 2. The van der Waals surface area contributed by atoms with Crippen molar-refractivity contribution in [1.29, 1.82) is 0 Å². The highest BCUT2D eigenvalue weighted by Gasteiger charge is 2.38. The van der Waals surface area contributed by atoms with Crippen molar-refractivity contribution in [2.45, 2.75) is 26.2 Å². The summed E-state index contributed by atoms with van der Waals surface area (Å²) in [6.45, 7) is 1.79. The molecule has 1 aromatic carbocycles. The maximum absolute atomic E-state index is 13.7. The minimum atomic E-state index is -0.944. The van der Waals surface area contributed by atoms with Crippen LogP contribution in [0.5, 0.6) is 0 Å². The molecule has 0 radical (unpaired) electrons. The number of rotatable bonds is 5. The van der Waals surface area contributed by atoms with E-state index in [-0.39, 0.29) is 30.0 Å². The zero-order chi connectivity index (χ0) is 14.9. The van der Waals surface area contributed by atoms with E-state index in [9.17, 15) is 23.2 Å². The van der Waals surface area contributed by atoms with Crippen LogP contribution in [0.25, 0.3) is 0 Å². The maximum Gasteiger partial charge on any atom is 0.299 e. The van der Waals surface area contributed by atoms with Gasteiger partial charge in [0.2, 0.25) is 0 Å². The predicted molar refractivity (Wildman–Crippen MR) is 67.6 cm³/mol. The zero-order valence-corrected chi connectivity index (χ0v) is 10.9. The molecule has 0 fully saturated rings. The number of benzene rings is 1. The maximum atomic E-state index is 13.7. The Morgan fingerprint density at radius 2 is 1.95 bits per heavy atom. The number of hydrogen-bond donors (Lipinski definition) is 0. The molecule has 6 heteroatoms. The number of anilines is 1. The van der Waals surface area contributed by atoms with E-state index < -0.39 is 23.3 Å². The highest BCUT2D eigenvalue weighted by Crippen LogP contribution is 2.32. The number of Topliss-reactive ketones (excluding diaryl/α,β-unsaturated/α-hetero) is 2. The van der Waals surface area contributed by atoms with Crippen molar-refractivity contribution in [3.63, 3.8) is 0 Å². The monoisotopic (exact) mass is 281 g/mol. The van der Waals surface area contributed by atoms with Crippen molar-refractivity contribution in [1.82, 2.24) is 0 Å². The number of carbonyl (C=O) groups excluding carboxylic acids is 3. The Kier molecular flexibility index (Phi) is 3.92. The lowest BCUT2D eigenvalue weighted by Crippen LogP contribution is -2.31. The number of nitrogens with zero attached hydrogens (tertiary/aromatic N) is 1. The molecule has 1 heterocycles. The van der Waals surface area contributed by atoms with Gasteiger partial charge in [-0.15, -0.1) is 0 Å². The third kappa shape index (κ3) is 2.45. The van der Waals surface area contributed by atoms with Crippen molar-refractivity contribution < 1.29 is 23.2 Å². The average Bonchev–Trinajstić information content (AvgIpc) is 2.64. The van der Waals surface area contributed by atoms with Gasteiger partial charge in [-0.25, -0.2) is 8.78 Å². The summed E-state index contributed by atoms with van der Waals surface area (Å²) >= 11 is 0. The first-order valence-electron chi connectivity index (χ1n) is 6.32. The number of amides is 1. The summed E-state index contributed by atoms with van der Waals surface area (Å²) in [5.41, 5.74) is -0.445. The molecule has 0 bridgehead atoms. The average molecular weight is 281 g/mol. The van der Waals surface area contributed by atoms with E-state index in [1.807, 2.05) is 0 Å². The Balaban J connectivity index is 2.22. The first kappa shape index (κ1) is 14.3. The van der Waals surface area contributed by atoms with Gasteiger partial charge in [0, 0.05) is 25.5 Å². The number of halogens is 2. The van der Waals surface area contributed by atoms with Crippen LogP contribution in [0.15, 0.2) is 12.1 Å². The number of carbonyl (C=O) groups is 3. The Bertz CT molecular complexity index is 598. The van der Waals surface area contributed by atoms with Crippen LogP contribution in [0.3, 0.4) is 0 Å². The summed E-state index contributed by atoms with van der Waals surface area (Å²) in [4.78, 5) is 35.6. The molecule has 1 aliphatic rings. The topological polar surface area (TPSA) is 54.5 Å². The Morgan fingerprint density at radius 1 is 1.25 bits per heavy atom. The molecule has 20 heavy (non-hydrogen) atoms. The van der Waals surface area contributed by atoms with Crippen LogP contribution in [-0.4, -0.2) is 24.0 Å². The third-order valence-corrected chi connectivity index (χ3v) is 3.21. The van der Waals surface area contributed by atoms with Crippen LogP contribution >= 0.6 is 0 Å². The van der Waals surface area contributed by atoms with Crippen molar-refractivity contribution in [3.8, 4) is 0 Å². The predicted octanol–water partition coefficient (Wildman–Crippen LogP) is 2.25. The lowest BCUT2D eigenvalue weighted by Gasteiger charge is -2.16.